The molecule has 8 nitrogen and oxygen atoms in total. The van der Waals surface area contributed by atoms with Crippen LogP contribution in [0.4, 0.5) is 0 Å². The number of nitrogens with one attached hydrogen (secondary N) is 2. The quantitative estimate of drug-likeness (QED) is 0.194. The molecule has 1 heterocycles. The first-order valence-corrected chi connectivity index (χ1v) is 10.3. The minimum Gasteiger partial charge on any atom is -0.493 e. The lowest BCUT2D eigenvalue weighted by atomic mass is 10.1. The van der Waals surface area contributed by atoms with Crippen molar-refractivity contribution in [3.05, 3.63) is 17.7 Å². The Morgan fingerprint density at radius 2 is 1.80 bits per heavy atom. The fourth-order valence-electron chi connectivity index (χ4n) is 3.33. The second kappa shape index (κ2) is 15.4. The number of guanidine groups is 1. The maximum Gasteiger partial charge on any atom is 0.203 e. The van der Waals surface area contributed by atoms with Gasteiger partial charge in [-0.15, -0.1) is 24.0 Å². The molecule has 0 unspecified atom stereocenters. The highest BCUT2D eigenvalue weighted by molar-refractivity contribution is 14.0. The molecule has 0 aromatic heterocycles. The van der Waals surface area contributed by atoms with Crippen molar-refractivity contribution in [3.8, 4) is 17.2 Å². The van der Waals surface area contributed by atoms with Crippen molar-refractivity contribution in [1.82, 2.24) is 15.5 Å². The lowest BCUT2D eigenvalue weighted by molar-refractivity contribution is 0.0377. The SMILES string of the molecule is CCNC(=NCCCN1CCOCC1)NCCc1ccc(OC)c(OC)c1OC.I. The molecule has 2 N–H and O–H groups in total. The molecular weight excluding hydrogens is 499 g/mol. The summed E-state index contributed by atoms with van der Waals surface area (Å²) in [4.78, 5) is 7.13. The smallest absolute Gasteiger partial charge is 0.203 e. The van der Waals surface area contributed by atoms with E-state index in [-0.39, 0.29) is 24.0 Å². The molecule has 0 radical (unpaired) electrons. The molecule has 0 amide bonds. The molecule has 1 fully saturated rings. The van der Waals surface area contributed by atoms with Crippen LogP contribution in [0.2, 0.25) is 0 Å². The van der Waals surface area contributed by atoms with E-state index in [1.54, 1.807) is 21.3 Å². The number of morpholine rings is 1. The Balaban J connectivity index is 0.00000450. The molecule has 1 aliphatic rings. The van der Waals surface area contributed by atoms with Gasteiger partial charge >= 0.3 is 0 Å². The van der Waals surface area contributed by atoms with Crippen LogP contribution in [0.3, 0.4) is 0 Å². The highest BCUT2D eigenvalue weighted by atomic mass is 127. The molecule has 0 spiro atoms. The van der Waals surface area contributed by atoms with E-state index in [4.69, 9.17) is 23.9 Å². The molecule has 1 saturated heterocycles. The van der Waals surface area contributed by atoms with E-state index in [1.807, 2.05) is 12.1 Å². The number of methoxy groups -OCH3 is 3. The molecule has 1 aliphatic heterocycles. The summed E-state index contributed by atoms with van der Waals surface area (Å²) in [6, 6.07) is 3.91. The van der Waals surface area contributed by atoms with Crippen LogP contribution in [-0.4, -0.2) is 84.7 Å². The average Bonchev–Trinajstić information content (AvgIpc) is 2.76. The topological polar surface area (TPSA) is 76.6 Å². The van der Waals surface area contributed by atoms with E-state index in [1.165, 1.54) is 0 Å². The van der Waals surface area contributed by atoms with E-state index in [9.17, 15) is 0 Å². The summed E-state index contributed by atoms with van der Waals surface area (Å²) in [5, 5.41) is 6.71. The van der Waals surface area contributed by atoms with Crippen LogP contribution in [0.1, 0.15) is 18.9 Å². The van der Waals surface area contributed by atoms with Crippen LogP contribution in [0.15, 0.2) is 17.1 Å². The van der Waals surface area contributed by atoms with Crippen molar-refractivity contribution >= 4 is 29.9 Å². The Morgan fingerprint density at radius 3 is 2.43 bits per heavy atom. The van der Waals surface area contributed by atoms with Gasteiger partial charge in [0.25, 0.3) is 0 Å². The Kier molecular flexibility index (Phi) is 13.6. The van der Waals surface area contributed by atoms with Crippen LogP contribution < -0.4 is 24.8 Å². The standard InChI is InChI=1S/C21H36N4O4.HI/c1-5-22-21(23-10-6-12-25-13-15-29-16-14-25)24-11-9-17-7-8-18(26-2)20(28-4)19(17)27-3;/h7-8H,5-6,9-16H2,1-4H3,(H2,22,23,24);1H. The van der Waals surface area contributed by atoms with Gasteiger partial charge in [-0.3, -0.25) is 9.89 Å². The van der Waals surface area contributed by atoms with Gasteiger partial charge in [0.15, 0.2) is 17.5 Å². The van der Waals surface area contributed by atoms with Gasteiger partial charge in [0.2, 0.25) is 5.75 Å². The monoisotopic (exact) mass is 536 g/mol. The number of rotatable bonds is 11. The van der Waals surface area contributed by atoms with E-state index in [0.29, 0.717) is 17.2 Å². The zero-order valence-corrected chi connectivity index (χ0v) is 21.0. The molecule has 172 valence electrons. The molecule has 9 heteroatoms. The number of hydrogen-bond donors (Lipinski definition) is 2. The van der Waals surface area contributed by atoms with Gasteiger partial charge in [0.05, 0.1) is 34.5 Å². The molecule has 1 aromatic carbocycles. The van der Waals surface area contributed by atoms with Crippen LogP contribution in [0, 0.1) is 0 Å². The highest BCUT2D eigenvalue weighted by Gasteiger charge is 2.15. The van der Waals surface area contributed by atoms with Crippen molar-refractivity contribution in [1.29, 1.82) is 0 Å². The second-order valence-electron chi connectivity index (χ2n) is 6.74. The maximum atomic E-state index is 5.56. The van der Waals surface area contributed by atoms with E-state index in [0.717, 1.165) is 76.8 Å². The molecule has 30 heavy (non-hydrogen) atoms. The zero-order chi connectivity index (χ0) is 20.9. The van der Waals surface area contributed by atoms with E-state index >= 15 is 0 Å². The number of halogens is 1. The fourth-order valence-corrected chi connectivity index (χ4v) is 3.33. The van der Waals surface area contributed by atoms with Crippen LogP contribution >= 0.6 is 24.0 Å². The first-order valence-electron chi connectivity index (χ1n) is 10.3. The summed E-state index contributed by atoms with van der Waals surface area (Å²) in [6.45, 7) is 9.23. The molecule has 2 rings (SSSR count). The predicted octanol–water partition coefficient (Wildman–Crippen LogP) is 2.15. The van der Waals surface area contributed by atoms with Crippen molar-refractivity contribution in [3.63, 3.8) is 0 Å². The summed E-state index contributed by atoms with van der Waals surface area (Å²) in [6.07, 6.45) is 1.82. The Morgan fingerprint density at radius 1 is 1.07 bits per heavy atom. The van der Waals surface area contributed by atoms with Gasteiger partial charge in [-0.2, -0.15) is 0 Å². The van der Waals surface area contributed by atoms with Gasteiger partial charge in [0, 0.05) is 44.8 Å². The Labute approximate surface area is 197 Å². The third-order valence-corrected chi connectivity index (χ3v) is 4.82. The summed E-state index contributed by atoms with van der Waals surface area (Å²) >= 11 is 0. The minimum atomic E-state index is 0. The maximum absolute atomic E-state index is 5.56. The van der Waals surface area contributed by atoms with Gasteiger partial charge in [-0.1, -0.05) is 6.07 Å². The minimum absolute atomic E-state index is 0. The molecule has 0 saturated carbocycles. The first kappa shape index (κ1) is 26.6. The molecule has 0 atom stereocenters. The van der Waals surface area contributed by atoms with E-state index < -0.39 is 0 Å². The second-order valence-corrected chi connectivity index (χ2v) is 6.74. The Bertz CT molecular complexity index is 640. The summed E-state index contributed by atoms with van der Waals surface area (Å²) in [5.74, 6) is 2.84. The lowest BCUT2D eigenvalue weighted by Crippen LogP contribution is -2.39. The number of hydrogen-bond acceptors (Lipinski definition) is 6. The summed E-state index contributed by atoms with van der Waals surface area (Å²) in [5.41, 5.74) is 1.06. The largest absolute Gasteiger partial charge is 0.493 e. The van der Waals surface area contributed by atoms with Crippen LogP contribution in [0.5, 0.6) is 17.2 Å². The van der Waals surface area contributed by atoms with Crippen LogP contribution in [0.25, 0.3) is 0 Å². The average molecular weight is 536 g/mol. The summed E-state index contributed by atoms with van der Waals surface area (Å²) in [7, 11) is 4.89. The van der Waals surface area contributed by atoms with Gasteiger partial charge in [0.1, 0.15) is 0 Å². The number of nitrogens with zero attached hydrogens (tertiary/aromatic N) is 2. The van der Waals surface area contributed by atoms with Crippen molar-refractivity contribution in [2.45, 2.75) is 19.8 Å². The van der Waals surface area contributed by atoms with Crippen LogP contribution in [-0.2, 0) is 11.2 Å². The van der Waals surface area contributed by atoms with Gasteiger partial charge in [-0.05, 0) is 25.8 Å². The number of aliphatic imine (C=N–C) groups is 1. The highest BCUT2D eigenvalue weighted by Crippen LogP contribution is 2.39. The number of ether oxygens (including phenoxy) is 4. The molecule has 0 aliphatic carbocycles. The van der Waals surface area contributed by atoms with Crippen molar-refractivity contribution in [2.24, 2.45) is 4.99 Å². The lowest BCUT2D eigenvalue weighted by Gasteiger charge is -2.26. The molecule has 0 bridgehead atoms. The van der Waals surface area contributed by atoms with Gasteiger partial charge in [-0.25, -0.2) is 0 Å². The van der Waals surface area contributed by atoms with Gasteiger partial charge < -0.3 is 29.6 Å². The molecule has 1 aromatic rings. The third kappa shape index (κ3) is 8.35. The van der Waals surface area contributed by atoms with Crippen molar-refractivity contribution in [2.75, 3.05) is 73.8 Å². The summed E-state index contributed by atoms with van der Waals surface area (Å²) < 4.78 is 21.8. The number of benzene rings is 1. The fraction of sp³-hybridized carbons (Fsp3) is 0.667. The van der Waals surface area contributed by atoms with E-state index in [2.05, 4.69) is 22.5 Å². The first-order chi connectivity index (χ1) is 14.2. The van der Waals surface area contributed by atoms with Crippen molar-refractivity contribution < 1.29 is 18.9 Å². The normalized spacial score (nSPS) is 14.6. The molecular formula is C21H37IN4O4. The predicted molar refractivity (Wildman–Crippen MR) is 131 cm³/mol. The zero-order valence-electron chi connectivity index (χ0n) is 18.7. The third-order valence-electron chi connectivity index (χ3n) is 4.82. The Hall–Kier alpha value is -1.46.